The third-order valence-electron chi connectivity index (χ3n) is 4.95. The van der Waals surface area contributed by atoms with Crippen LogP contribution in [-0.4, -0.2) is 15.8 Å². The Morgan fingerprint density at radius 1 is 1.12 bits per heavy atom. The van der Waals surface area contributed by atoms with E-state index < -0.39 is 5.72 Å². The fraction of sp³-hybridized carbons (Fsp3) is 0.316. The van der Waals surface area contributed by atoms with E-state index in [2.05, 4.69) is 54.3 Å². The first kappa shape index (κ1) is 16.0. The Bertz CT molecular complexity index is 825. The van der Waals surface area contributed by atoms with Crippen LogP contribution in [0.4, 0.5) is 0 Å². The van der Waals surface area contributed by atoms with E-state index in [-0.39, 0.29) is 17.0 Å². The predicted octanol–water partition coefficient (Wildman–Crippen LogP) is 4.92. The van der Waals surface area contributed by atoms with Crippen molar-refractivity contribution in [1.82, 2.24) is 4.90 Å². The third kappa shape index (κ3) is 2.45. The average Bonchev–Trinajstić information content (AvgIpc) is 2.74. The number of fused-ring (bicyclic) bond motifs is 7. The SMILES string of the molecule is Br.C[C@@]12C[C@@H](c3ccccc3O1)N1Cc3ccccc3CSC1=N2. The summed E-state index contributed by atoms with van der Waals surface area (Å²) in [5.74, 6) is 1.97. The molecule has 2 atom stereocenters. The second kappa shape index (κ2) is 5.81. The molecule has 3 aliphatic heterocycles. The zero-order valence-corrected chi connectivity index (χ0v) is 16.0. The number of halogens is 1. The van der Waals surface area contributed by atoms with Gasteiger partial charge in [0.05, 0.1) is 6.04 Å². The number of para-hydroxylation sites is 1. The first-order valence-corrected chi connectivity index (χ1v) is 9.04. The molecular weight excluding hydrogens is 384 g/mol. The summed E-state index contributed by atoms with van der Waals surface area (Å²) >= 11 is 1.84. The summed E-state index contributed by atoms with van der Waals surface area (Å²) in [4.78, 5) is 7.45. The highest BCUT2D eigenvalue weighted by atomic mass is 79.9. The normalized spacial score (nSPS) is 26.6. The zero-order valence-electron chi connectivity index (χ0n) is 13.4. The maximum Gasteiger partial charge on any atom is 0.202 e. The minimum absolute atomic E-state index is 0. The molecule has 0 saturated carbocycles. The van der Waals surface area contributed by atoms with Crippen LogP contribution in [-0.2, 0) is 12.3 Å². The van der Waals surface area contributed by atoms with E-state index >= 15 is 0 Å². The van der Waals surface area contributed by atoms with Gasteiger partial charge in [0.2, 0.25) is 5.72 Å². The second-order valence-electron chi connectivity index (χ2n) is 6.61. The van der Waals surface area contributed by atoms with Gasteiger partial charge in [-0.05, 0) is 24.1 Å². The van der Waals surface area contributed by atoms with Gasteiger partial charge in [0.1, 0.15) is 5.75 Å². The van der Waals surface area contributed by atoms with Crippen molar-refractivity contribution in [2.45, 2.75) is 37.4 Å². The summed E-state index contributed by atoms with van der Waals surface area (Å²) < 4.78 is 6.23. The summed E-state index contributed by atoms with van der Waals surface area (Å²) in [6.07, 6.45) is 0.913. The van der Waals surface area contributed by atoms with Crippen molar-refractivity contribution < 1.29 is 4.74 Å². The molecule has 0 N–H and O–H groups in total. The molecule has 124 valence electrons. The molecule has 0 amide bonds. The van der Waals surface area contributed by atoms with Gasteiger partial charge in [0.25, 0.3) is 0 Å². The highest BCUT2D eigenvalue weighted by Crippen LogP contribution is 2.48. The number of hydrogen-bond donors (Lipinski definition) is 0. The quantitative estimate of drug-likeness (QED) is 0.624. The summed E-state index contributed by atoms with van der Waals surface area (Å²) in [6, 6.07) is 17.5. The zero-order chi connectivity index (χ0) is 15.4. The fourth-order valence-electron chi connectivity index (χ4n) is 3.81. The van der Waals surface area contributed by atoms with E-state index in [4.69, 9.17) is 9.73 Å². The molecule has 0 spiro atoms. The number of aliphatic imine (C=N–C) groups is 1. The van der Waals surface area contributed by atoms with Crippen molar-refractivity contribution in [2.75, 3.05) is 0 Å². The first-order chi connectivity index (χ1) is 11.2. The molecule has 5 heteroatoms. The van der Waals surface area contributed by atoms with Gasteiger partial charge in [0.15, 0.2) is 5.17 Å². The van der Waals surface area contributed by atoms with E-state index in [9.17, 15) is 0 Å². The highest BCUT2D eigenvalue weighted by molar-refractivity contribution is 8.93. The molecular formula is C19H19BrN2OS. The van der Waals surface area contributed by atoms with Gasteiger partial charge in [-0.25, -0.2) is 4.99 Å². The highest BCUT2D eigenvalue weighted by Gasteiger charge is 2.45. The molecule has 3 aliphatic rings. The van der Waals surface area contributed by atoms with E-state index in [0.29, 0.717) is 6.04 Å². The number of nitrogens with zero attached hydrogens (tertiary/aromatic N) is 2. The van der Waals surface area contributed by atoms with Crippen molar-refractivity contribution in [3.63, 3.8) is 0 Å². The van der Waals surface area contributed by atoms with Gasteiger partial charge in [-0.3, -0.25) is 0 Å². The minimum atomic E-state index is -0.436. The molecule has 0 aliphatic carbocycles. The van der Waals surface area contributed by atoms with Crippen molar-refractivity contribution in [1.29, 1.82) is 0 Å². The Morgan fingerprint density at radius 3 is 2.75 bits per heavy atom. The van der Waals surface area contributed by atoms with Crippen LogP contribution in [0, 0.1) is 0 Å². The monoisotopic (exact) mass is 402 g/mol. The van der Waals surface area contributed by atoms with Crippen LogP contribution in [0.15, 0.2) is 53.5 Å². The number of thioether (sulfide) groups is 1. The number of hydrogen-bond acceptors (Lipinski definition) is 4. The molecule has 24 heavy (non-hydrogen) atoms. The maximum atomic E-state index is 6.23. The Morgan fingerprint density at radius 2 is 1.88 bits per heavy atom. The Hall–Kier alpha value is -1.46. The van der Waals surface area contributed by atoms with Gasteiger partial charge < -0.3 is 9.64 Å². The number of benzene rings is 2. The molecule has 2 bridgehead atoms. The lowest BCUT2D eigenvalue weighted by molar-refractivity contribution is 0.0233. The molecule has 2 aromatic rings. The predicted molar refractivity (Wildman–Crippen MR) is 104 cm³/mol. The average molecular weight is 403 g/mol. The van der Waals surface area contributed by atoms with Gasteiger partial charge in [-0.1, -0.05) is 54.2 Å². The topological polar surface area (TPSA) is 24.8 Å². The van der Waals surface area contributed by atoms with Crippen molar-refractivity contribution in [3.8, 4) is 5.75 Å². The fourth-order valence-corrected chi connectivity index (χ4v) is 5.00. The maximum absolute atomic E-state index is 6.23. The Balaban J connectivity index is 0.00000146. The standard InChI is InChI=1S/C19H18N2OS.BrH/c1-19-10-16(15-8-4-5-9-17(15)22-19)21-11-13-6-2-3-7-14(13)12-23-18(21)20-19;/h2-9,16H,10-12H2,1H3;1H/t16-,19-;/m0./s1. The largest absolute Gasteiger partial charge is 0.466 e. The van der Waals surface area contributed by atoms with Crippen molar-refractivity contribution in [3.05, 3.63) is 65.2 Å². The molecule has 5 rings (SSSR count). The number of ether oxygens (including phenoxy) is 1. The van der Waals surface area contributed by atoms with Gasteiger partial charge in [0, 0.05) is 24.3 Å². The van der Waals surface area contributed by atoms with Crippen LogP contribution in [0.3, 0.4) is 0 Å². The summed E-state index contributed by atoms with van der Waals surface area (Å²) in [7, 11) is 0. The van der Waals surface area contributed by atoms with E-state index in [1.54, 1.807) is 0 Å². The van der Waals surface area contributed by atoms with Crippen LogP contribution < -0.4 is 4.74 Å². The number of rotatable bonds is 0. The molecule has 0 aromatic heterocycles. The smallest absolute Gasteiger partial charge is 0.202 e. The van der Waals surface area contributed by atoms with Crippen molar-refractivity contribution in [2.24, 2.45) is 4.99 Å². The van der Waals surface area contributed by atoms with E-state index in [0.717, 1.165) is 29.6 Å². The van der Waals surface area contributed by atoms with Crippen LogP contribution >= 0.6 is 28.7 Å². The molecule has 3 heterocycles. The van der Waals surface area contributed by atoms with Crippen LogP contribution in [0.2, 0.25) is 0 Å². The summed E-state index contributed by atoms with van der Waals surface area (Å²) in [6.45, 7) is 3.04. The summed E-state index contributed by atoms with van der Waals surface area (Å²) in [5.41, 5.74) is 3.69. The molecule has 0 saturated heterocycles. The van der Waals surface area contributed by atoms with E-state index in [1.807, 2.05) is 17.8 Å². The molecule has 0 unspecified atom stereocenters. The number of amidine groups is 1. The minimum Gasteiger partial charge on any atom is -0.466 e. The van der Waals surface area contributed by atoms with Crippen molar-refractivity contribution >= 4 is 33.9 Å². The lowest BCUT2D eigenvalue weighted by Gasteiger charge is -2.47. The van der Waals surface area contributed by atoms with Gasteiger partial charge >= 0.3 is 0 Å². The van der Waals surface area contributed by atoms with Crippen LogP contribution in [0.25, 0.3) is 0 Å². The lowest BCUT2D eigenvalue weighted by Crippen LogP contribution is -2.49. The second-order valence-corrected chi connectivity index (χ2v) is 7.56. The Labute approximate surface area is 156 Å². The van der Waals surface area contributed by atoms with Crippen LogP contribution in [0.1, 0.15) is 36.1 Å². The summed E-state index contributed by atoms with van der Waals surface area (Å²) in [5, 5.41) is 1.12. The Kier molecular flexibility index (Phi) is 3.88. The van der Waals surface area contributed by atoms with Gasteiger partial charge in [-0.2, -0.15) is 0 Å². The first-order valence-electron chi connectivity index (χ1n) is 8.06. The van der Waals surface area contributed by atoms with Crippen LogP contribution in [0.5, 0.6) is 5.75 Å². The van der Waals surface area contributed by atoms with Gasteiger partial charge in [-0.15, -0.1) is 17.0 Å². The van der Waals surface area contributed by atoms with E-state index in [1.165, 1.54) is 16.7 Å². The molecule has 3 nitrogen and oxygen atoms in total. The molecule has 0 radical (unpaired) electrons. The molecule has 2 aromatic carbocycles. The third-order valence-corrected chi connectivity index (χ3v) is 5.99. The lowest BCUT2D eigenvalue weighted by atomic mass is 9.91. The molecule has 0 fully saturated rings.